The number of hydrogen-bond donors (Lipinski definition) is 1. The molecule has 1 fully saturated rings. The second kappa shape index (κ2) is 11.5. The molecule has 3 aromatic carbocycles. The Bertz CT molecular complexity index is 1020. The number of carbonyl (C=O) groups excluding carboxylic acids is 1. The summed E-state index contributed by atoms with van der Waals surface area (Å²) >= 11 is 0. The molecule has 0 unspecified atom stereocenters. The molecule has 1 N–H and O–H groups in total. The molecule has 3 aromatic rings. The Kier molecular flexibility index (Phi) is 8.24. The fraction of sp³-hybridized carbons (Fsp3) is 0.345. The zero-order chi connectivity index (χ0) is 24.7. The van der Waals surface area contributed by atoms with Crippen molar-refractivity contribution in [1.82, 2.24) is 10.2 Å². The predicted molar refractivity (Wildman–Crippen MR) is 132 cm³/mol. The highest BCUT2D eigenvalue weighted by Gasteiger charge is 2.30. The third-order valence-electron chi connectivity index (χ3n) is 6.74. The van der Waals surface area contributed by atoms with Gasteiger partial charge in [0.05, 0.1) is 12.0 Å². The maximum atomic E-state index is 12.7. The van der Waals surface area contributed by atoms with Crippen LogP contribution in [-0.2, 0) is 17.4 Å². The molecule has 0 atom stereocenters. The summed E-state index contributed by atoms with van der Waals surface area (Å²) in [7, 11) is 0. The third kappa shape index (κ3) is 7.18. The summed E-state index contributed by atoms with van der Waals surface area (Å²) in [5.41, 5.74) is 2.53. The number of alkyl halides is 3. The van der Waals surface area contributed by atoms with Crippen LogP contribution in [0.2, 0.25) is 0 Å². The molecule has 35 heavy (non-hydrogen) atoms. The van der Waals surface area contributed by atoms with E-state index in [1.54, 1.807) is 0 Å². The number of likely N-dealkylation sites (tertiary alicyclic amines) is 1. The van der Waals surface area contributed by atoms with E-state index in [0.29, 0.717) is 11.5 Å². The quantitative estimate of drug-likeness (QED) is 0.426. The van der Waals surface area contributed by atoms with E-state index in [4.69, 9.17) is 0 Å². The normalized spacial score (nSPS) is 15.3. The average Bonchev–Trinajstić information content (AvgIpc) is 2.86. The first-order valence-electron chi connectivity index (χ1n) is 12.2. The number of rotatable bonds is 8. The molecular formula is C29H31F3N2O. The van der Waals surface area contributed by atoms with E-state index >= 15 is 0 Å². The van der Waals surface area contributed by atoms with Crippen molar-refractivity contribution in [2.24, 2.45) is 0 Å². The first-order chi connectivity index (χ1) is 16.9. The minimum atomic E-state index is -4.36. The minimum absolute atomic E-state index is 0.0915. The van der Waals surface area contributed by atoms with Crippen molar-refractivity contribution in [3.05, 3.63) is 107 Å². The standard InChI is InChI=1S/C29H31F3N2O/c30-29(31,32)25-13-11-22(12-14-25)21-28(35)33-26-15-18-34(19-16-26)20-17-27(23-7-3-1-4-8-23)24-9-5-2-6-10-24/h1-14,26-27H,15-21H2,(H,33,35). The van der Waals surface area contributed by atoms with Crippen molar-refractivity contribution in [1.29, 1.82) is 0 Å². The van der Waals surface area contributed by atoms with Gasteiger partial charge in [0, 0.05) is 25.0 Å². The number of nitrogens with zero attached hydrogens (tertiary/aromatic N) is 1. The molecule has 6 heteroatoms. The van der Waals surface area contributed by atoms with Crippen LogP contribution in [-0.4, -0.2) is 36.5 Å². The summed E-state index contributed by atoms with van der Waals surface area (Å²) in [4.78, 5) is 14.9. The highest BCUT2D eigenvalue weighted by atomic mass is 19.4. The molecule has 1 amide bonds. The van der Waals surface area contributed by atoms with E-state index < -0.39 is 11.7 Å². The fourth-order valence-electron chi connectivity index (χ4n) is 4.78. The number of nitrogens with one attached hydrogen (secondary N) is 1. The molecular weight excluding hydrogens is 449 g/mol. The van der Waals surface area contributed by atoms with Gasteiger partial charge < -0.3 is 10.2 Å². The summed E-state index contributed by atoms with van der Waals surface area (Å²) in [5.74, 6) is 0.204. The van der Waals surface area contributed by atoms with E-state index in [2.05, 4.69) is 58.7 Å². The van der Waals surface area contributed by atoms with Gasteiger partial charge in [-0.15, -0.1) is 0 Å². The number of piperidine rings is 1. The van der Waals surface area contributed by atoms with Crippen LogP contribution in [0.3, 0.4) is 0 Å². The lowest BCUT2D eigenvalue weighted by atomic mass is 9.88. The SMILES string of the molecule is O=C(Cc1ccc(C(F)(F)F)cc1)NC1CCN(CCC(c2ccccc2)c2ccccc2)CC1. The van der Waals surface area contributed by atoms with Crippen LogP contribution >= 0.6 is 0 Å². The number of halogens is 3. The van der Waals surface area contributed by atoms with Crippen LogP contribution in [0.5, 0.6) is 0 Å². The average molecular weight is 481 g/mol. The summed E-state index contributed by atoms with van der Waals surface area (Å²) in [5, 5.41) is 3.06. The molecule has 0 bridgehead atoms. The van der Waals surface area contributed by atoms with Crippen molar-refractivity contribution in [2.45, 2.75) is 43.8 Å². The monoisotopic (exact) mass is 480 g/mol. The van der Waals surface area contributed by atoms with Crippen molar-refractivity contribution >= 4 is 5.91 Å². The van der Waals surface area contributed by atoms with Gasteiger partial charge in [0.15, 0.2) is 0 Å². The molecule has 1 aliphatic rings. The van der Waals surface area contributed by atoms with Crippen LogP contribution < -0.4 is 5.32 Å². The minimum Gasteiger partial charge on any atom is -0.353 e. The molecule has 0 radical (unpaired) electrons. The Labute approximate surface area is 205 Å². The highest BCUT2D eigenvalue weighted by Crippen LogP contribution is 2.30. The topological polar surface area (TPSA) is 32.3 Å². The fourth-order valence-corrected chi connectivity index (χ4v) is 4.78. The number of benzene rings is 3. The summed E-state index contributed by atoms with van der Waals surface area (Å²) in [6.07, 6.45) is -1.50. The van der Waals surface area contributed by atoms with Gasteiger partial charge in [0.25, 0.3) is 0 Å². The number of carbonyl (C=O) groups is 1. The van der Waals surface area contributed by atoms with Gasteiger partial charge in [-0.3, -0.25) is 4.79 Å². The van der Waals surface area contributed by atoms with Crippen molar-refractivity contribution in [3.63, 3.8) is 0 Å². The highest BCUT2D eigenvalue weighted by molar-refractivity contribution is 5.78. The molecule has 1 heterocycles. The van der Waals surface area contributed by atoms with E-state index in [1.165, 1.54) is 23.3 Å². The molecule has 1 aliphatic heterocycles. The molecule has 4 rings (SSSR count). The van der Waals surface area contributed by atoms with Gasteiger partial charge in [-0.1, -0.05) is 72.8 Å². The van der Waals surface area contributed by atoms with Crippen LogP contribution in [0, 0.1) is 0 Å². The summed E-state index contributed by atoms with van der Waals surface area (Å²) in [6.45, 7) is 2.82. The van der Waals surface area contributed by atoms with Crippen molar-refractivity contribution in [2.75, 3.05) is 19.6 Å². The van der Waals surface area contributed by atoms with E-state index in [-0.39, 0.29) is 18.4 Å². The second-order valence-electron chi connectivity index (χ2n) is 9.22. The van der Waals surface area contributed by atoms with Gasteiger partial charge in [-0.05, 0) is 54.6 Å². The third-order valence-corrected chi connectivity index (χ3v) is 6.74. The van der Waals surface area contributed by atoms with E-state index in [0.717, 1.165) is 51.0 Å². The molecule has 184 valence electrons. The lowest BCUT2D eigenvalue weighted by Gasteiger charge is -2.33. The summed E-state index contributed by atoms with van der Waals surface area (Å²) in [6, 6.07) is 26.1. The molecule has 0 spiro atoms. The Hall–Kier alpha value is -3.12. The Morgan fingerprint density at radius 3 is 1.91 bits per heavy atom. The first kappa shape index (κ1) is 25.0. The van der Waals surface area contributed by atoms with Gasteiger partial charge in [-0.25, -0.2) is 0 Å². The molecule has 0 aliphatic carbocycles. The predicted octanol–water partition coefficient (Wildman–Crippen LogP) is 6.05. The maximum absolute atomic E-state index is 12.7. The number of hydrogen-bond acceptors (Lipinski definition) is 2. The molecule has 1 saturated heterocycles. The zero-order valence-electron chi connectivity index (χ0n) is 19.7. The Balaban J connectivity index is 1.24. The first-order valence-corrected chi connectivity index (χ1v) is 12.2. The number of amides is 1. The Morgan fingerprint density at radius 2 is 1.40 bits per heavy atom. The smallest absolute Gasteiger partial charge is 0.353 e. The molecule has 0 aromatic heterocycles. The van der Waals surface area contributed by atoms with Crippen LogP contribution in [0.4, 0.5) is 13.2 Å². The lowest BCUT2D eigenvalue weighted by molar-refractivity contribution is -0.137. The van der Waals surface area contributed by atoms with Gasteiger partial charge >= 0.3 is 6.18 Å². The van der Waals surface area contributed by atoms with Crippen LogP contribution in [0.25, 0.3) is 0 Å². The largest absolute Gasteiger partial charge is 0.416 e. The van der Waals surface area contributed by atoms with Crippen LogP contribution in [0.1, 0.15) is 47.4 Å². The van der Waals surface area contributed by atoms with Gasteiger partial charge in [0.1, 0.15) is 0 Å². The second-order valence-corrected chi connectivity index (χ2v) is 9.22. The van der Waals surface area contributed by atoms with Crippen molar-refractivity contribution in [3.8, 4) is 0 Å². The summed E-state index contributed by atoms with van der Waals surface area (Å²) < 4.78 is 38.1. The van der Waals surface area contributed by atoms with E-state index in [9.17, 15) is 18.0 Å². The van der Waals surface area contributed by atoms with Crippen molar-refractivity contribution < 1.29 is 18.0 Å². The lowest BCUT2D eigenvalue weighted by Crippen LogP contribution is -2.45. The van der Waals surface area contributed by atoms with Gasteiger partial charge in [0.2, 0.25) is 5.91 Å². The molecule has 3 nitrogen and oxygen atoms in total. The maximum Gasteiger partial charge on any atom is 0.416 e. The van der Waals surface area contributed by atoms with Gasteiger partial charge in [-0.2, -0.15) is 13.2 Å². The molecule has 0 saturated carbocycles. The zero-order valence-corrected chi connectivity index (χ0v) is 19.7. The van der Waals surface area contributed by atoms with Crippen LogP contribution in [0.15, 0.2) is 84.9 Å². The van der Waals surface area contributed by atoms with E-state index in [1.807, 2.05) is 12.1 Å². The Morgan fingerprint density at radius 1 is 0.857 bits per heavy atom.